The molecule has 0 fully saturated rings. The lowest BCUT2D eigenvalue weighted by atomic mass is 10.3. The Kier molecular flexibility index (Phi) is 4.86. The van der Waals surface area contributed by atoms with Crippen LogP contribution in [0.5, 0.6) is 0 Å². The Morgan fingerprint density at radius 1 is 1.57 bits per heavy atom. The molecule has 14 heavy (non-hydrogen) atoms. The van der Waals surface area contributed by atoms with Gasteiger partial charge in [-0.05, 0) is 6.54 Å². The van der Waals surface area contributed by atoms with Gasteiger partial charge >= 0.3 is 12.1 Å². The van der Waals surface area contributed by atoms with Crippen molar-refractivity contribution < 1.29 is 23.1 Å². The smallest absolute Gasteiger partial charge is 0.401 e. The van der Waals surface area contributed by atoms with E-state index in [1.807, 2.05) is 0 Å². The number of halogens is 3. The number of aliphatic carboxylic acids is 1. The first-order valence-corrected chi connectivity index (χ1v) is 4.03. The van der Waals surface area contributed by atoms with Gasteiger partial charge in [-0.2, -0.15) is 13.2 Å². The standard InChI is InChI=1S/C7H13F3N2O2/c1-2-12(4-7(8,9)10)3-5(11)6(13)14/h5H,2-4,11H2,1H3,(H,13,14). The Morgan fingerprint density at radius 2 is 2.07 bits per heavy atom. The van der Waals surface area contributed by atoms with Crippen molar-refractivity contribution in [2.45, 2.75) is 19.1 Å². The van der Waals surface area contributed by atoms with Gasteiger partial charge in [-0.1, -0.05) is 6.92 Å². The van der Waals surface area contributed by atoms with Crippen LogP contribution in [-0.2, 0) is 4.79 Å². The van der Waals surface area contributed by atoms with E-state index >= 15 is 0 Å². The molecular formula is C7H13F3N2O2. The molecule has 0 aliphatic carbocycles. The topological polar surface area (TPSA) is 66.6 Å². The number of carbonyl (C=O) groups is 1. The van der Waals surface area contributed by atoms with E-state index in [9.17, 15) is 18.0 Å². The summed E-state index contributed by atoms with van der Waals surface area (Å²) in [6.07, 6.45) is -4.33. The van der Waals surface area contributed by atoms with Gasteiger partial charge in [-0.15, -0.1) is 0 Å². The maximum absolute atomic E-state index is 11.9. The molecule has 0 aromatic rings. The second-order valence-corrected chi connectivity index (χ2v) is 2.89. The molecular weight excluding hydrogens is 201 g/mol. The van der Waals surface area contributed by atoms with Gasteiger partial charge in [0.25, 0.3) is 0 Å². The number of nitrogens with two attached hydrogens (primary N) is 1. The van der Waals surface area contributed by atoms with Crippen molar-refractivity contribution >= 4 is 5.97 Å². The molecule has 0 radical (unpaired) electrons. The molecule has 0 aliphatic rings. The highest BCUT2D eigenvalue weighted by Crippen LogP contribution is 2.16. The molecule has 0 amide bonds. The first kappa shape index (κ1) is 13.2. The first-order valence-electron chi connectivity index (χ1n) is 4.03. The van der Waals surface area contributed by atoms with Crippen molar-refractivity contribution in [3.8, 4) is 0 Å². The van der Waals surface area contributed by atoms with Gasteiger partial charge in [0.15, 0.2) is 0 Å². The van der Waals surface area contributed by atoms with E-state index in [0.29, 0.717) is 0 Å². The summed E-state index contributed by atoms with van der Waals surface area (Å²) in [5, 5.41) is 8.39. The third-order valence-electron chi connectivity index (χ3n) is 1.62. The van der Waals surface area contributed by atoms with Crippen molar-refractivity contribution in [3.63, 3.8) is 0 Å². The minimum Gasteiger partial charge on any atom is -0.480 e. The minimum absolute atomic E-state index is 0.112. The van der Waals surface area contributed by atoms with E-state index in [-0.39, 0.29) is 13.1 Å². The van der Waals surface area contributed by atoms with E-state index in [2.05, 4.69) is 0 Å². The zero-order valence-corrected chi connectivity index (χ0v) is 7.71. The summed E-state index contributed by atoms with van der Waals surface area (Å²) in [5.41, 5.74) is 5.10. The molecule has 1 atom stereocenters. The summed E-state index contributed by atoms with van der Waals surface area (Å²) < 4.78 is 35.7. The summed E-state index contributed by atoms with van der Waals surface area (Å²) in [4.78, 5) is 11.2. The largest absolute Gasteiger partial charge is 0.480 e. The Bertz CT molecular complexity index is 196. The number of likely N-dealkylation sites (N-methyl/N-ethyl adjacent to an activating group) is 1. The van der Waals surface area contributed by atoms with E-state index in [0.717, 1.165) is 4.90 Å². The summed E-state index contributed by atoms with van der Waals surface area (Å²) in [5.74, 6) is -1.30. The van der Waals surface area contributed by atoms with Crippen molar-refractivity contribution in [1.29, 1.82) is 0 Å². The molecule has 3 N–H and O–H groups in total. The summed E-state index contributed by atoms with van der Waals surface area (Å²) in [6, 6.07) is -1.28. The Hall–Kier alpha value is -0.820. The zero-order valence-electron chi connectivity index (χ0n) is 7.71. The number of carboxylic acid groups (broad SMARTS) is 1. The van der Waals surface area contributed by atoms with Crippen LogP contribution in [0.1, 0.15) is 6.92 Å². The molecule has 0 rings (SSSR count). The monoisotopic (exact) mass is 214 g/mol. The first-order chi connectivity index (χ1) is 6.26. The third kappa shape index (κ3) is 5.76. The number of alkyl halides is 3. The van der Waals surface area contributed by atoms with Crippen molar-refractivity contribution in [2.24, 2.45) is 5.73 Å². The second kappa shape index (κ2) is 5.16. The van der Waals surface area contributed by atoms with Crippen LogP contribution in [0, 0.1) is 0 Å². The number of hydrogen-bond acceptors (Lipinski definition) is 3. The molecule has 4 nitrogen and oxygen atoms in total. The van der Waals surface area contributed by atoms with Crippen molar-refractivity contribution in [1.82, 2.24) is 4.90 Å². The van der Waals surface area contributed by atoms with Crippen molar-refractivity contribution in [2.75, 3.05) is 19.6 Å². The summed E-state index contributed by atoms with van der Waals surface area (Å²) in [7, 11) is 0. The molecule has 84 valence electrons. The average molecular weight is 214 g/mol. The molecule has 0 saturated carbocycles. The normalized spacial score (nSPS) is 14.4. The van der Waals surface area contributed by atoms with Gasteiger partial charge in [0.2, 0.25) is 0 Å². The summed E-state index contributed by atoms with van der Waals surface area (Å²) in [6.45, 7) is 0.191. The highest BCUT2D eigenvalue weighted by molar-refractivity contribution is 5.73. The van der Waals surface area contributed by atoms with Crippen LogP contribution in [0.25, 0.3) is 0 Å². The highest BCUT2D eigenvalue weighted by Gasteiger charge is 2.31. The van der Waals surface area contributed by atoms with Crippen LogP contribution in [0.15, 0.2) is 0 Å². The average Bonchev–Trinajstić information content (AvgIpc) is 2.00. The molecule has 0 heterocycles. The van der Waals surface area contributed by atoms with Crippen LogP contribution in [-0.4, -0.2) is 47.8 Å². The Morgan fingerprint density at radius 3 is 2.36 bits per heavy atom. The molecule has 0 bridgehead atoms. The van der Waals surface area contributed by atoms with E-state index in [1.54, 1.807) is 0 Å². The predicted molar refractivity (Wildman–Crippen MR) is 43.8 cm³/mol. The van der Waals surface area contributed by atoms with Gasteiger partial charge in [-0.25, -0.2) is 0 Å². The van der Waals surface area contributed by atoms with Crippen LogP contribution in [0.4, 0.5) is 13.2 Å². The number of carboxylic acids is 1. The van der Waals surface area contributed by atoms with E-state index in [4.69, 9.17) is 10.8 Å². The van der Waals surface area contributed by atoms with Crippen LogP contribution < -0.4 is 5.73 Å². The molecule has 1 unspecified atom stereocenters. The SMILES string of the molecule is CCN(CC(N)C(=O)O)CC(F)(F)F. The van der Waals surface area contributed by atoms with Crippen LogP contribution in [0.2, 0.25) is 0 Å². The third-order valence-corrected chi connectivity index (χ3v) is 1.62. The quantitative estimate of drug-likeness (QED) is 0.690. The lowest BCUT2D eigenvalue weighted by molar-refractivity contribution is -0.150. The molecule has 0 saturated heterocycles. The van der Waals surface area contributed by atoms with Crippen LogP contribution >= 0.6 is 0 Å². The molecule has 7 heteroatoms. The van der Waals surface area contributed by atoms with E-state index in [1.165, 1.54) is 6.92 Å². The molecule has 0 aromatic heterocycles. The fourth-order valence-electron chi connectivity index (χ4n) is 0.915. The van der Waals surface area contributed by atoms with Gasteiger partial charge in [0.1, 0.15) is 6.04 Å². The second-order valence-electron chi connectivity index (χ2n) is 2.89. The molecule has 0 aromatic carbocycles. The van der Waals surface area contributed by atoms with Gasteiger partial charge in [-0.3, -0.25) is 9.69 Å². The number of rotatable bonds is 5. The highest BCUT2D eigenvalue weighted by atomic mass is 19.4. The Balaban J connectivity index is 4.10. The maximum atomic E-state index is 11.9. The minimum atomic E-state index is -4.33. The van der Waals surface area contributed by atoms with E-state index < -0.39 is 24.7 Å². The van der Waals surface area contributed by atoms with Crippen molar-refractivity contribution in [3.05, 3.63) is 0 Å². The zero-order chi connectivity index (χ0) is 11.4. The van der Waals surface area contributed by atoms with Crippen LogP contribution in [0.3, 0.4) is 0 Å². The fourth-order valence-corrected chi connectivity index (χ4v) is 0.915. The van der Waals surface area contributed by atoms with Gasteiger partial charge in [0, 0.05) is 6.54 Å². The maximum Gasteiger partial charge on any atom is 0.401 e. The lowest BCUT2D eigenvalue weighted by Crippen LogP contribution is -2.45. The predicted octanol–water partition coefficient (Wildman–Crippen LogP) is 0.283. The van der Waals surface area contributed by atoms with Gasteiger partial charge < -0.3 is 10.8 Å². The molecule has 0 spiro atoms. The number of hydrogen-bond donors (Lipinski definition) is 2. The molecule has 0 aliphatic heterocycles. The Labute approximate surface area is 79.5 Å². The summed E-state index contributed by atoms with van der Waals surface area (Å²) >= 11 is 0. The van der Waals surface area contributed by atoms with Gasteiger partial charge in [0.05, 0.1) is 6.54 Å². The fraction of sp³-hybridized carbons (Fsp3) is 0.857. The number of nitrogens with zero attached hydrogens (tertiary/aromatic N) is 1. The lowest BCUT2D eigenvalue weighted by Gasteiger charge is -2.23.